The molecule has 1 unspecified atom stereocenters. The van der Waals surface area contributed by atoms with Gasteiger partial charge in [-0.2, -0.15) is 13.2 Å². The SMILES string of the molecule is FC(F)(F)c1ccc(C2[NH2+]Cc3ccc4c(c3-n3cccc32)OCO4)cc1. The molecule has 1 aromatic heterocycles. The van der Waals surface area contributed by atoms with E-state index in [-0.39, 0.29) is 12.8 Å². The Kier molecular flexibility index (Phi) is 3.48. The minimum absolute atomic E-state index is 0.118. The van der Waals surface area contributed by atoms with Gasteiger partial charge in [-0.15, -0.1) is 0 Å². The summed E-state index contributed by atoms with van der Waals surface area (Å²) in [6.45, 7) is 0.869. The third-order valence-electron chi connectivity index (χ3n) is 5.11. The molecule has 0 amide bonds. The second kappa shape index (κ2) is 5.79. The number of alkyl halides is 3. The highest BCUT2D eigenvalue weighted by atomic mass is 19.4. The van der Waals surface area contributed by atoms with E-state index in [1.807, 2.05) is 30.5 Å². The van der Waals surface area contributed by atoms with Crippen LogP contribution in [0.15, 0.2) is 54.7 Å². The van der Waals surface area contributed by atoms with Crippen molar-refractivity contribution in [3.8, 4) is 17.2 Å². The Morgan fingerprint density at radius 2 is 1.81 bits per heavy atom. The molecular formula is C20H16F3N2O2+. The molecule has 5 rings (SSSR count). The molecule has 0 saturated carbocycles. The summed E-state index contributed by atoms with van der Waals surface area (Å²) in [5.74, 6) is 1.42. The zero-order valence-electron chi connectivity index (χ0n) is 14.2. The van der Waals surface area contributed by atoms with E-state index in [2.05, 4.69) is 9.88 Å². The molecule has 27 heavy (non-hydrogen) atoms. The average Bonchev–Trinajstić information content (AvgIpc) is 3.28. The van der Waals surface area contributed by atoms with Gasteiger partial charge in [0.25, 0.3) is 0 Å². The van der Waals surface area contributed by atoms with E-state index in [0.29, 0.717) is 18.0 Å². The number of nitrogens with zero attached hydrogens (tertiary/aromatic N) is 1. The van der Waals surface area contributed by atoms with Crippen molar-refractivity contribution in [1.82, 2.24) is 4.57 Å². The lowest BCUT2D eigenvalue weighted by atomic mass is 10.0. The van der Waals surface area contributed by atoms with Gasteiger partial charge < -0.3 is 19.4 Å². The molecule has 3 aromatic rings. The van der Waals surface area contributed by atoms with E-state index in [9.17, 15) is 13.2 Å². The third-order valence-corrected chi connectivity index (χ3v) is 5.11. The predicted octanol–water partition coefficient (Wildman–Crippen LogP) is 3.39. The summed E-state index contributed by atoms with van der Waals surface area (Å²) < 4.78 is 51.9. The number of hydrogen-bond acceptors (Lipinski definition) is 2. The second-order valence-corrected chi connectivity index (χ2v) is 6.65. The van der Waals surface area contributed by atoms with Crippen molar-refractivity contribution >= 4 is 0 Å². The molecule has 1 atom stereocenters. The van der Waals surface area contributed by atoms with Gasteiger partial charge in [-0.25, -0.2) is 0 Å². The molecule has 2 aromatic carbocycles. The lowest BCUT2D eigenvalue weighted by Crippen LogP contribution is -2.83. The van der Waals surface area contributed by atoms with Crippen molar-refractivity contribution in [2.24, 2.45) is 0 Å². The smallest absolute Gasteiger partial charge is 0.416 e. The van der Waals surface area contributed by atoms with Crippen LogP contribution in [0.1, 0.15) is 28.4 Å². The Morgan fingerprint density at radius 1 is 1.00 bits per heavy atom. The summed E-state index contributed by atoms with van der Waals surface area (Å²) in [6.07, 6.45) is -2.38. The molecule has 7 heteroatoms. The summed E-state index contributed by atoms with van der Waals surface area (Å²) in [6, 6.07) is 13.1. The van der Waals surface area contributed by atoms with Crippen LogP contribution >= 0.6 is 0 Å². The summed E-state index contributed by atoms with van der Waals surface area (Å²) in [4.78, 5) is 0. The molecule has 2 aliphatic rings. The molecule has 0 radical (unpaired) electrons. The maximum Gasteiger partial charge on any atom is 0.416 e. The monoisotopic (exact) mass is 373 g/mol. The molecule has 2 aliphatic heterocycles. The number of rotatable bonds is 1. The first-order valence-corrected chi connectivity index (χ1v) is 8.62. The lowest BCUT2D eigenvalue weighted by Gasteiger charge is -2.16. The van der Waals surface area contributed by atoms with Crippen LogP contribution in [-0.2, 0) is 12.7 Å². The summed E-state index contributed by atoms with van der Waals surface area (Å²) in [5.41, 5.74) is 3.20. The molecule has 0 bridgehead atoms. The molecule has 3 heterocycles. The molecular weight excluding hydrogens is 357 g/mol. The molecule has 0 aliphatic carbocycles. The normalized spacial score (nSPS) is 18.0. The highest BCUT2D eigenvalue weighted by Crippen LogP contribution is 2.42. The van der Waals surface area contributed by atoms with Gasteiger partial charge in [0.05, 0.1) is 11.3 Å². The van der Waals surface area contributed by atoms with Gasteiger partial charge in [-0.1, -0.05) is 12.1 Å². The minimum atomic E-state index is -4.33. The van der Waals surface area contributed by atoms with Crippen LogP contribution in [0.4, 0.5) is 13.2 Å². The third kappa shape index (κ3) is 2.57. The van der Waals surface area contributed by atoms with Gasteiger partial charge in [-0.05, 0) is 36.4 Å². The van der Waals surface area contributed by atoms with Crippen LogP contribution in [-0.4, -0.2) is 11.4 Å². The maximum atomic E-state index is 12.9. The number of halogens is 3. The standard InChI is InChI=1S/C20H15F3N2O2/c21-20(22,23)14-6-3-12(4-7-14)17-15-2-1-9-25(15)18-13(10-24-17)5-8-16-19(18)27-11-26-16/h1-9,17,24H,10-11H2/p+1. The fraction of sp³-hybridized carbons (Fsp3) is 0.200. The Bertz CT molecular complexity index is 1010. The fourth-order valence-corrected chi connectivity index (χ4v) is 3.83. The van der Waals surface area contributed by atoms with Crippen LogP contribution in [0.3, 0.4) is 0 Å². The van der Waals surface area contributed by atoms with E-state index < -0.39 is 11.7 Å². The second-order valence-electron chi connectivity index (χ2n) is 6.65. The van der Waals surface area contributed by atoms with E-state index in [4.69, 9.17) is 9.47 Å². The first-order valence-electron chi connectivity index (χ1n) is 8.62. The van der Waals surface area contributed by atoms with Crippen LogP contribution in [0, 0.1) is 0 Å². The van der Waals surface area contributed by atoms with Gasteiger partial charge in [0.2, 0.25) is 6.79 Å². The lowest BCUT2D eigenvalue weighted by molar-refractivity contribution is -0.702. The number of ether oxygens (including phenoxy) is 2. The summed E-state index contributed by atoms with van der Waals surface area (Å²) in [7, 11) is 0. The van der Waals surface area contributed by atoms with E-state index >= 15 is 0 Å². The van der Waals surface area contributed by atoms with Crippen LogP contribution in [0.2, 0.25) is 0 Å². The molecule has 138 valence electrons. The van der Waals surface area contributed by atoms with E-state index in [0.717, 1.165) is 34.6 Å². The van der Waals surface area contributed by atoms with Crippen molar-refractivity contribution in [3.63, 3.8) is 0 Å². The maximum absolute atomic E-state index is 12.9. The first kappa shape index (κ1) is 16.3. The van der Waals surface area contributed by atoms with E-state index in [1.54, 1.807) is 12.1 Å². The largest absolute Gasteiger partial charge is 0.454 e. The van der Waals surface area contributed by atoms with Crippen LogP contribution < -0.4 is 14.8 Å². The van der Waals surface area contributed by atoms with Gasteiger partial charge in [0, 0.05) is 17.3 Å². The Labute approximate surface area is 153 Å². The number of hydrogen-bond donors (Lipinski definition) is 1. The summed E-state index contributed by atoms with van der Waals surface area (Å²) in [5, 5.41) is 2.13. The molecule has 4 nitrogen and oxygen atoms in total. The zero-order chi connectivity index (χ0) is 18.6. The van der Waals surface area contributed by atoms with Crippen molar-refractivity contribution in [1.29, 1.82) is 0 Å². The Hall–Kier alpha value is -2.93. The van der Waals surface area contributed by atoms with Gasteiger partial charge in [-0.3, -0.25) is 0 Å². The van der Waals surface area contributed by atoms with Crippen LogP contribution in [0.5, 0.6) is 11.5 Å². The fourth-order valence-electron chi connectivity index (χ4n) is 3.83. The van der Waals surface area contributed by atoms with Crippen molar-refractivity contribution in [3.05, 3.63) is 77.1 Å². The number of nitrogens with two attached hydrogens (primary N) is 1. The highest BCUT2D eigenvalue weighted by Gasteiger charge is 2.33. The topological polar surface area (TPSA) is 40.0 Å². The Morgan fingerprint density at radius 3 is 2.59 bits per heavy atom. The first-order chi connectivity index (χ1) is 13.0. The predicted molar refractivity (Wildman–Crippen MR) is 90.8 cm³/mol. The van der Waals surface area contributed by atoms with Gasteiger partial charge >= 0.3 is 6.18 Å². The number of benzene rings is 2. The Balaban J connectivity index is 1.60. The number of aromatic nitrogens is 1. The number of fused-ring (bicyclic) bond motifs is 5. The van der Waals surface area contributed by atoms with Gasteiger partial charge in [0.1, 0.15) is 12.2 Å². The average molecular weight is 373 g/mol. The summed E-state index contributed by atoms with van der Waals surface area (Å²) >= 11 is 0. The molecule has 0 spiro atoms. The molecule has 0 fully saturated rings. The number of quaternary nitrogens is 1. The van der Waals surface area contributed by atoms with Crippen LogP contribution in [0.25, 0.3) is 5.69 Å². The zero-order valence-corrected chi connectivity index (χ0v) is 14.2. The quantitative estimate of drug-likeness (QED) is 0.710. The van der Waals surface area contributed by atoms with E-state index in [1.165, 1.54) is 0 Å². The van der Waals surface area contributed by atoms with Crippen molar-refractivity contribution in [2.45, 2.75) is 18.8 Å². The highest BCUT2D eigenvalue weighted by molar-refractivity contribution is 5.62. The van der Waals surface area contributed by atoms with Crippen molar-refractivity contribution in [2.75, 3.05) is 6.79 Å². The minimum Gasteiger partial charge on any atom is -0.454 e. The van der Waals surface area contributed by atoms with Gasteiger partial charge in [0.15, 0.2) is 17.5 Å². The van der Waals surface area contributed by atoms with Crippen molar-refractivity contribution < 1.29 is 28.0 Å². The molecule has 2 N–H and O–H groups in total. The molecule has 0 saturated heterocycles.